The molecule has 4 N–H and O–H groups in total. The standard InChI is InChI=1S/C29H40N4O5/c1-6-17-33(27(36)23(15-16-24(30)34)32-28(37)38-29(3,4)5)25(22-14-10-11-20(2)18-22)26(35)31-19-21-12-8-7-9-13-21/h7-14,18,23,25H,6,15-17,19H2,1-5H3,(H2,30,34)(H,31,35)(H,32,37). The van der Waals surface area contributed by atoms with Crippen LogP contribution >= 0.6 is 0 Å². The van der Waals surface area contributed by atoms with E-state index in [2.05, 4.69) is 10.6 Å². The minimum Gasteiger partial charge on any atom is -0.444 e. The molecule has 0 heterocycles. The van der Waals surface area contributed by atoms with Crippen LogP contribution in [0.15, 0.2) is 54.6 Å². The van der Waals surface area contributed by atoms with Crippen molar-refractivity contribution >= 4 is 23.8 Å². The van der Waals surface area contributed by atoms with Gasteiger partial charge in [0, 0.05) is 19.5 Å². The zero-order valence-corrected chi connectivity index (χ0v) is 23.0. The van der Waals surface area contributed by atoms with Crippen molar-refractivity contribution in [3.63, 3.8) is 0 Å². The van der Waals surface area contributed by atoms with Crippen LogP contribution in [0.2, 0.25) is 0 Å². The first-order valence-corrected chi connectivity index (χ1v) is 12.9. The molecule has 0 aliphatic heterocycles. The number of benzene rings is 2. The number of amides is 4. The molecule has 0 aliphatic rings. The Balaban J connectivity index is 2.43. The Morgan fingerprint density at radius 1 is 1.03 bits per heavy atom. The number of hydrogen-bond donors (Lipinski definition) is 3. The highest BCUT2D eigenvalue weighted by Gasteiger charge is 2.36. The summed E-state index contributed by atoms with van der Waals surface area (Å²) in [6, 6.07) is 14.8. The lowest BCUT2D eigenvalue weighted by Crippen LogP contribution is -2.53. The maximum absolute atomic E-state index is 13.9. The number of carbonyl (C=O) groups is 4. The van der Waals surface area contributed by atoms with Crippen LogP contribution < -0.4 is 16.4 Å². The quantitative estimate of drug-likeness (QED) is 0.389. The Morgan fingerprint density at radius 2 is 1.71 bits per heavy atom. The monoisotopic (exact) mass is 524 g/mol. The van der Waals surface area contributed by atoms with Crippen LogP contribution in [0.5, 0.6) is 0 Å². The molecule has 2 atom stereocenters. The number of nitrogens with one attached hydrogen (secondary N) is 2. The molecule has 2 rings (SSSR count). The molecule has 206 valence electrons. The summed E-state index contributed by atoms with van der Waals surface area (Å²) >= 11 is 0. The first kappa shape index (κ1) is 30.3. The van der Waals surface area contributed by atoms with Crippen LogP contribution in [0.3, 0.4) is 0 Å². The van der Waals surface area contributed by atoms with Gasteiger partial charge in [0.2, 0.25) is 17.7 Å². The SMILES string of the molecule is CCCN(C(=O)C(CCC(N)=O)NC(=O)OC(C)(C)C)C(C(=O)NCc1ccccc1)c1cccc(C)c1. The topological polar surface area (TPSA) is 131 Å². The Labute approximate surface area is 225 Å². The molecule has 0 aromatic heterocycles. The van der Waals surface area contributed by atoms with Gasteiger partial charge in [-0.05, 0) is 51.7 Å². The third-order valence-corrected chi connectivity index (χ3v) is 5.64. The lowest BCUT2D eigenvalue weighted by Gasteiger charge is -2.34. The van der Waals surface area contributed by atoms with Crippen molar-refractivity contribution < 1.29 is 23.9 Å². The van der Waals surface area contributed by atoms with Gasteiger partial charge < -0.3 is 26.0 Å². The van der Waals surface area contributed by atoms with Crippen LogP contribution in [0.25, 0.3) is 0 Å². The van der Waals surface area contributed by atoms with Crippen LogP contribution in [-0.4, -0.2) is 46.9 Å². The van der Waals surface area contributed by atoms with E-state index in [0.717, 1.165) is 11.1 Å². The van der Waals surface area contributed by atoms with Gasteiger partial charge in [-0.2, -0.15) is 0 Å². The number of aryl methyl sites for hydroxylation is 1. The summed E-state index contributed by atoms with van der Waals surface area (Å²) in [6.45, 7) is 9.48. The number of hydrogen-bond acceptors (Lipinski definition) is 5. The van der Waals surface area contributed by atoms with Gasteiger partial charge in [0.1, 0.15) is 17.7 Å². The summed E-state index contributed by atoms with van der Waals surface area (Å²) in [6.07, 6.45) is -0.381. The summed E-state index contributed by atoms with van der Waals surface area (Å²) in [7, 11) is 0. The molecule has 2 aromatic rings. The largest absolute Gasteiger partial charge is 0.444 e. The van der Waals surface area contributed by atoms with Crippen LogP contribution in [0.4, 0.5) is 4.79 Å². The lowest BCUT2D eigenvalue weighted by atomic mass is 9.99. The Bertz CT molecular complexity index is 1100. The van der Waals surface area contributed by atoms with Gasteiger partial charge in [0.15, 0.2) is 0 Å². The van der Waals surface area contributed by atoms with Gasteiger partial charge >= 0.3 is 6.09 Å². The van der Waals surface area contributed by atoms with Gasteiger partial charge in [-0.3, -0.25) is 14.4 Å². The second-order valence-electron chi connectivity index (χ2n) is 10.3. The number of alkyl carbamates (subject to hydrolysis) is 1. The smallest absolute Gasteiger partial charge is 0.408 e. The number of nitrogens with zero attached hydrogens (tertiary/aromatic N) is 1. The highest BCUT2D eigenvalue weighted by molar-refractivity contribution is 5.92. The van der Waals surface area contributed by atoms with E-state index in [0.29, 0.717) is 12.0 Å². The molecular formula is C29H40N4O5. The molecule has 0 aliphatic carbocycles. The second kappa shape index (κ2) is 14.2. The van der Waals surface area contributed by atoms with Crippen molar-refractivity contribution in [1.29, 1.82) is 0 Å². The fraction of sp³-hybridized carbons (Fsp3) is 0.448. The summed E-state index contributed by atoms with van der Waals surface area (Å²) < 4.78 is 5.34. The molecular weight excluding hydrogens is 484 g/mol. The van der Waals surface area contributed by atoms with Crippen molar-refractivity contribution in [3.8, 4) is 0 Å². The minimum atomic E-state index is -1.11. The molecule has 0 fully saturated rings. The first-order chi connectivity index (χ1) is 17.9. The number of ether oxygens (including phenoxy) is 1. The van der Waals surface area contributed by atoms with E-state index in [9.17, 15) is 19.2 Å². The normalized spacial score (nSPS) is 12.7. The molecule has 9 heteroatoms. The van der Waals surface area contributed by atoms with Crippen molar-refractivity contribution in [2.75, 3.05) is 6.54 Å². The van der Waals surface area contributed by atoms with Gasteiger partial charge in [0.25, 0.3) is 0 Å². The van der Waals surface area contributed by atoms with E-state index >= 15 is 0 Å². The number of nitrogens with two attached hydrogens (primary N) is 1. The Kier molecular flexibility index (Phi) is 11.3. The molecule has 0 saturated carbocycles. The summed E-state index contributed by atoms with van der Waals surface area (Å²) in [5.74, 6) is -1.46. The van der Waals surface area contributed by atoms with Crippen molar-refractivity contribution in [3.05, 3.63) is 71.3 Å². The summed E-state index contributed by atoms with van der Waals surface area (Å²) in [5.41, 5.74) is 7.06. The Hall–Kier alpha value is -3.88. The van der Waals surface area contributed by atoms with E-state index < -0.39 is 35.6 Å². The van der Waals surface area contributed by atoms with Crippen molar-refractivity contribution in [1.82, 2.24) is 15.5 Å². The fourth-order valence-electron chi connectivity index (χ4n) is 4.00. The van der Waals surface area contributed by atoms with Gasteiger partial charge in [-0.1, -0.05) is 67.1 Å². The van der Waals surface area contributed by atoms with Gasteiger partial charge in [0.05, 0.1) is 0 Å². The van der Waals surface area contributed by atoms with Crippen molar-refractivity contribution in [2.45, 2.75) is 78.1 Å². The van der Waals surface area contributed by atoms with E-state index in [1.165, 1.54) is 4.90 Å². The maximum atomic E-state index is 13.9. The average Bonchev–Trinajstić information content (AvgIpc) is 2.84. The number of rotatable bonds is 12. The Morgan fingerprint density at radius 3 is 2.29 bits per heavy atom. The van der Waals surface area contributed by atoms with Crippen LogP contribution in [0.1, 0.15) is 69.7 Å². The van der Waals surface area contributed by atoms with Crippen LogP contribution in [-0.2, 0) is 25.7 Å². The highest BCUT2D eigenvalue weighted by atomic mass is 16.6. The van der Waals surface area contributed by atoms with Crippen LogP contribution in [0, 0.1) is 6.92 Å². The third-order valence-electron chi connectivity index (χ3n) is 5.64. The molecule has 38 heavy (non-hydrogen) atoms. The summed E-state index contributed by atoms with van der Waals surface area (Å²) in [4.78, 5) is 53.2. The lowest BCUT2D eigenvalue weighted by molar-refractivity contribution is -0.142. The molecule has 2 unspecified atom stereocenters. The molecule has 0 saturated heterocycles. The van der Waals surface area contributed by atoms with E-state index in [-0.39, 0.29) is 31.8 Å². The van der Waals surface area contributed by atoms with E-state index in [1.54, 1.807) is 26.8 Å². The molecule has 9 nitrogen and oxygen atoms in total. The third kappa shape index (κ3) is 9.88. The molecule has 0 spiro atoms. The highest BCUT2D eigenvalue weighted by Crippen LogP contribution is 2.25. The fourth-order valence-corrected chi connectivity index (χ4v) is 4.00. The average molecular weight is 525 g/mol. The van der Waals surface area contributed by atoms with Gasteiger partial charge in [-0.25, -0.2) is 4.79 Å². The maximum Gasteiger partial charge on any atom is 0.408 e. The predicted molar refractivity (Wildman–Crippen MR) is 146 cm³/mol. The van der Waals surface area contributed by atoms with Gasteiger partial charge in [-0.15, -0.1) is 0 Å². The zero-order chi connectivity index (χ0) is 28.3. The number of carbonyl (C=O) groups excluding carboxylic acids is 4. The second-order valence-corrected chi connectivity index (χ2v) is 10.3. The molecule has 0 bridgehead atoms. The molecule has 4 amide bonds. The summed E-state index contributed by atoms with van der Waals surface area (Å²) in [5, 5.41) is 5.54. The predicted octanol–water partition coefficient (Wildman–Crippen LogP) is 3.75. The zero-order valence-electron chi connectivity index (χ0n) is 23.0. The van der Waals surface area contributed by atoms with Crippen molar-refractivity contribution in [2.24, 2.45) is 5.73 Å². The number of primary amides is 1. The minimum absolute atomic E-state index is 0.0280. The van der Waals surface area contributed by atoms with E-state index in [4.69, 9.17) is 10.5 Å². The molecule has 2 aromatic carbocycles. The van der Waals surface area contributed by atoms with E-state index in [1.807, 2.05) is 62.4 Å². The first-order valence-electron chi connectivity index (χ1n) is 12.9. The molecule has 0 radical (unpaired) electrons.